The number of imidazole rings is 1. The fourth-order valence-electron chi connectivity index (χ4n) is 4.25. The number of amides is 2. The molecule has 0 unspecified atom stereocenters. The maximum Gasteiger partial charge on any atom is 0.323 e. The lowest BCUT2D eigenvalue weighted by Crippen LogP contribution is -2.19. The maximum atomic E-state index is 12.7. The molecule has 0 radical (unpaired) electrons. The molecule has 13 nitrogen and oxygen atoms in total. The molecule has 40 heavy (non-hydrogen) atoms. The normalized spacial score (nSPS) is 11.0. The lowest BCUT2D eigenvalue weighted by Gasteiger charge is -2.12. The third-order valence-corrected chi connectivity index (χ3v) is 6.13. The van der Waals surface area contributed by atoms with E-state index in [1.54, 1.807) is 43.6 Å². The quantitative estimate of drug-likeness (QED) is 0.187. The number of hydrogen-bond donors (Lipinski definition) is 4. The minimum absolute atomic E-state index is 0.124. The molecule has 5 rings (SSSR count). The van der Waals surface area contributed by atoms with E-state index in [1.807, 2.05) is 29.7 Å². The Hall–Kier alpha value is -5.17. The van der Waals surface area contributed by atoms with Crippen molar-refractivity contribution in [2.24, 2.45) is 5.73 Å². The van der Waals surface area contributed by atoms with Gasteiger partial charge in [0.25, 0.3) is 0 Å². The highest BCUT2D eigenvalue weighted by Crippen LogP contribution is 2.37. The van der Waals surface area contributed by atoms with Crippen molar-refractivity contribution >= 4 is 34.3 Å². The van der Waals surface area contributed by atoms with Crippen LogP contribution >= 0.6 is 0 Å². The largest absolute Gasteiger partial charge is 0.497 e. The van der Waals surface area contributed by atoms with Crippen LogP contribution in [0.5, 0.6) is 11.5 Å². The van der Waals surface area contributed by atoms with E-state index in [2.05, 4.69) is 25.9 Å². The number of anilines is 3. The summed E-state index contributed by atoms with van der Waals surface area (Å²) < 4.78 is 18.0. The van der Waals surface area contributed by atoms with Crippen LogP contribution in [0.3, 0.4) is 0 Å². The summed E-state index contributed by atoms with van der Waals surface area (Å²) in [6.07, 6.45) is 2.34. The molecule has 0 aliphatic rings. The van der Waals surface area contributed by atoms with Crippen molar-refractivity contribution in [3.63, 3.8) is 0 Å². The van der Waals surface area contributed by atoms with Gasteiger partial charge >= 0.3 is 6.03 Å². The monoisotopic (exact) mass is 543 g/mol. The van der Waals surface area contributed by atoms with E-state index in [1.165, 1.54) is 0 Å². The number of nitrogen functional groups attached to an aromatic ring is 1. The Morgan fingerprint density at radius 3 is 2.58 bits per heavy atom. The van der Waals surface area contributed by atoms with Crippen molar-refractivity contribution < 1.29 is 18.9 Å². The van der Waals surface area contributed by atoms with Gasteiger partial charge in [0.1, 0.15) is 16.8 Å². The number of aryl methyl sites for hydroxylation is 1. The molecule has 0 bridgehead atoms. The van der Waals surface area contributed by atoms with Gasteiger partial charge in [-0.1, -0.05) is 12.1 Å². The number of methoxy groups -OCH3 is 1. The molecule has 0 saturated heterocycles. The molecule has 0 aliphatic carbocycles. The fourth-order valence-corrected chi connectivity index (χ4v) is 4.25. The van der Waals surface area contributed by atoms with Crippen LogP contribution in [0.1, 0.15) is 13.3 Å². The van der Waals surface area contributed by atoms with Crippen molar-refractivity contribution in [1.82, 2.24) is 24.8 Å². The van der Waals surface area contributed by atoms with Crippen LogP contribution in [-0.2, 0) is 6.54 Å². The lowest BCUT2D eigenvalue weighted by atomic mass is 10.1. The molecule has 2 amide bonds. The van der Waals surface area contributed by atoms with Crippen molar-refractivity contribution in [2.45, 2.75) is 19.9 Å². The zero-order valence-electron chi connectivity index (χ0n) is 22.0. The molecule has 0 fully saturated rings. The zero-order valence-corrected chi connectivity index (χ0v) is 22.0. The Morgan fingerprint density at radius 1 is 1.07 bits per heavy atom. The second-order valence-electron chi connectivity index (χ2n) is 8.73. The molecule has 3 heterocycles. The number of nitrogens with two attached hydrogens (primary N) is 2. The average molecular weight is 544 g/mol. The SMILES string of the molecule is CCn1c(-c2nonc2N)nc2c(-c3cccc(NC(=O)Nc4ccc(OC)cc4)c3)ncc(OCCCN)c21. The lowest BCUT2D eigenvalue weighted by molar-refractivity contribution is 0.262. The number of rotatable bonds is 10. The predicted octanol–water partition coefficient (Wildman–Crippen LogP) is 4.13. The van der Waals surface area contributed by atoms with Gasteiger partial charge in [0.05, 0.1) is 25.6 Å². The zero-order chi connectivity index (χ0) is 28.1. The summed E-state index contributed by atoms with van der Waals surface area (Å²) in [5.74, 6) is 1.85. The van der Waals surface area contributed by atoms with Gasteiger partial charge in [-0.2, -0.15) is 0 Å². The number of benzene rings is 2. The number of nitrogens with one attached hydrogen (secondary N) is 2. The molecular formula is C27H29N9O4. The van der Waals surface area contributed by atoms with Crippen LogP contribution in [-0.4, -0.2) is 51.1 Å². The first kappa shape index (κ1) is 26.4. The molecule has 3 aromatic heterocycles. The van der Waals surface area contributed by atoms with Gasteiger partial charge in [0, 0.05) is 23.5 Å². The van der Waals surface area contributed by atoms with Crippen molar-refractivity contribution in [2.75, 3.05) is 36.6 Å². The van der Waals surface area contributed by atoms with Crippen LogP contribution in [0.15, 0.2) is 59.4 Å². The number of nitrogens with zero attached hydrogens (tertiary/aromatic N) is 5. The minimum Gasteiger partial charge on any atom is -0.497 e. The summed E-state index contributed by atoms with van der Waals surface area (Å²) in [4.78, 5) is 22.2. The number of ether oxygens (including phenoxy) is 2. The maximum absolute atomic E-state index is 12.7. The Morgan fingerprint density at radius 2 is 1.88 bits per heavy atom. The summed E-state index contributed by atoms with van der Waals surface area (Å²) in [6, 6.07) is 14.0. The first-order chi connectivity index (χ1) is 19.5. The van der Waals surface area contributed by atoms with E-state index in [4.69, 9.17) is 30.6 Å². The van der Waals surface area contributed by atoms with E-state index >= 15 is 0 Å². The van der Waals surface area contributed by atoms with E-state index < -0.39 is 6.03 Å². The molecule has 13 heteroatoms. The summed E-state index contributed by atoms with van der Waals surface area (Å²) in [5, 5.41) is 13.3. The molecule has 2 aromatic carbocycles. The van der Waals surface area contributed by atoms with E-state index in [0.717, 1.165) is 11.1 Å². The second-order valence-corrected chi connectivity index (χ2v) is 8.73. The van der Waals surface area contributed by atoms with Gasteiger partial charge < -0.3 is 36.1 Å². The van der Waals surface area contributed by atoms with Crippen LogP contribution in [0.4, 0.5) is 22.0 Å². The summed E-state index contributed by atoms with van der Waals surface area (Å²) in [7, 11) is 1.59. The summed E-state index contributed by atoms with van der Waals surface area (Å²) in [5.41, 5.74) is 15.8. The predicted molar refractivity (Wildman–Crippen MR) is 151 cm³/mol. The van der Waals surface area contributed by atoms with E-state index in [0.29, 0.717) is 71.7 Å². The van der Waals surface area contributed by atoms with Crippen molar-refractivity contribution in [1.29, 1.82) is 0 Å². The highest BCUT2D eigenvalue weighted by Gasteiger charge is 2.24. The van der Waals surface area contributed by atoms with Crippen LogP contribution < -0.4 is 31.6 Å². The Bertz CT molecular complexity index is 1630. The molecule has 5 aromatic rings. The smallest absolute Gasteiger partial charge is 0.323 e. The van der Waals surface area contributed by atoms with Gasteiger partial charge in [-0.25, -0.2) is 19.4 Å². The van der Waals surface area contributed by atoms with Gasteiger partial charge in [-0.05, 0) is 66.6 Å². The van der Waals surface area contributed by atoms with Gasteiger partial charge in [0.2, 0.25) is 0 Å². The number of hydrogen-bond acceptors (Lipinski definition) is 10. The van der Waals surface area contributed by atoms with Gasteiger partial charge in [-0.15, -0.1) is 0 Å². The molecule has 6 N–H and O–H groups in total. The number of aromatic nitrogens is 5. The average Bonchev–Trinajstić information content (AvgIpc) is 3.57. The first-order valence-corrected chi connectivity index (χ1v) is 12.6. The van der Waals surface area contributed by atoms with Gasteiger partial charge in [-0.3, -0.25) is 0 Å². The molecule has 0 aliphatic heterocycles. The van der Waals surface area contributed by atoms with Gasteiger partial charge in [0.15, 0.2) is 23.1 Å². The Labute approximate surface area is 229 Å². The topological polar surface area (TPSA) is 181 Å². The molecule has 206 valence electrons. The number of pyridine rings is 1. The van der Waals surface area contributed by atoms with Crippen molar-refractivity contribution in [3.8, 4) is 34.3 Å². The van der Waals surface area contributed by atoms with Crippen LogP contribution in [0.2, 0.25) is 0 Å². The molecule has 0 atom stereocenters. The number of fused-ring (bicyclic) bond motifs is 1. The minimum atomic E-state index is -0.393. The van der Waals surface area contributed by atoms with Crippen LogP contribution in [0, 0.1) is 0 Å². The highest BCUT2D eigenvalue weighted by atomic mass is 16.6. The Balaban J connectivity index is 1.51. The highest BCUT2D eigenvalue weighted by molar-refractivity contribution is 6.01. The third kappa shape index (κ3) is 5.35. The molecule has 0 spiro atoms. The third-order valence-electron chi connectivity index (χ3n) is 6.13. The number of carbonyl (C=O) groups is 1. The van der Waals surface area contributed by atoms with Crippen molar-refractivity contribution in [3.05, 3.63) is 54.7 Å². The standard InChI is InChI=1S/C27H29N9O4/c1-3-36-24-20(39-13-5-12-28)15-30-21(22(24)33-26(36)23-25(29)35-40-34-23)16-6-4-7-18(14-16)32-27(37)31-17-8-10-19(38-2)11-9-17/h4,6-11,14-15H,3,5,12-13,28H2,1-2H3,(H2,29,35)(H2,31,32,37). The fraction of sp³-hybridized carbons (Fsp3) is 0.222. The molecular weight excluding hydrogens is 514 g/mol. The summed E-state index contributed by atoms with van der Waals surface area (Å²) in [6.45, 7) is 3.44. The Kier molecular flexibility index (Phi) is 7.73. The van der Waals surface area contributed by atoms with E-state index in [-0.39, 0.29) is 5.82 Å². The number of carbonyl (C=O) groups excluding carboxylic acids is 1. The van der Waals surface area contributed by atoms with Crippen LogP contribution in [0.25, 0.3) is 33.8 Å². The summed E-state index contributed by atoms with van der Waals surface area (Å²) >= 11 is 0. The molecule has 0 saturated carbocycles. The van der Waals surface area contributed by atoms with E-state index in [9.17, 15) is 4.79 Å². The first-order valence-electron chi connectivity index (χ1n) is 12.6. The second kappa shape index (κ2) is 11.7. The number of urea groups is 1.